The van der Waals surface area contributed by atoms with Gasteiger partial charge in [0.1, 0.15) is 0 Å². The van der Waals surface area contributed by atoms with E-state index in [1.54, 1.807) is 24.3 Å². The summed E-state index contributed by atoms with van der Waals surface area (Å²) in [7, 11) is 1.89. The first kappa shape index (κ1) is 22.9. The van der Waals surface area contributed by atoms with E-state index in [0.29, 0.717) is 17.3 Å². The minimum atomic E-state index is -0.341. The number of rotatable bonds is 6. The fraction of sp³-hybridized carbons (Fsp3) is 0.391. The quantitative estimate of drug-likeness (QED) is 0.727. The first-order chi connectivity index (χ1) is 13.5. The number of carbonyl (C=O) groups is 2. The molecule has 0 saturated heterocycles. The Hall–Kier alpha value is -2.37. The van der Waals surface area contributed by atoms with E-state index < -0.39 is 0 Å². The highest BCUT2D eigenvalue weighted by Gasteiger charge is 2.23. The van der Waals surface area contributed by atoms with Crippen LogP contribution < -0.4 is 11.1 Å². The molecule has 156 valence electrons. The maximum Gasteiger partial charge on any atom is 0.253 e. The van der Waals surface area contributed by atoms with Crippen LogP contribution in [0.1, 0.15) is 60.5 Å². The zero-order valence-electron chi connectivity index (χ0n) is 16.8. The summed E-state index contributed by atoms with van der Waals surface area (Å²) < 4.78 is 0. The molecule has 29 heavy (non-hydrogen) atoms. The molecule has 3 N–H and O–H groups in total. The predicted octanol–water partition coefficient (Wildman–Crippen LogP) is 4.54. The third-order valence-electron chi connectivity index (χ3n) is 5.49. The number of hydrogen-bond donors (Lipinski definition) is 2. The van der Waals surface area contributed by atoms with Crippen LogP contribution in [0.2, 0.25) is 0 Å². The van der Waals surface area contributed by atoms with E-state index in [1.807, 2.05) is 42.3 Å². The molecular formula is C23H30ClN3O2. The second kappa shape index (κ2) is 11.0. The first-order valence-corrected chi connectivity index (χ1v) is 10.0. The molecule has 0 heterocycles. The van der Waals surface area contributed by atoms with Crippen molar-refractivity contribution in [2.24, 2.45) is 5.73 Å². The van der Waals surface area contributed by atoms with Gasteiger partial charge in [-0.2, -0.15) is 0 Å². The summed E-state index contributed by atoms with van der Waals surface area (Å²) in [5.74, 6) is -0.106. The number of nitrogens with two attached hydrogens (primary N) is 1. The molecule has 0 radical (unpaired) electrons. The Morgan fingerprint density at radius 1 is 1.03 bits per heavy atom. The van der Waals surface area contributed by atoms with Crippen molar-refractivity contribution in [3.05, 3.63) is 65.7 Å². The van der Waals surface area contributed by atoms with Crippen LogP contribution in [0.15, 0.2) is 54.6 Å². The Labute approximate surface area is 179 Å². The molecule has 2 aromatic rings. The van der Waals surface area contributed by atoms with Gasteiger partial charge in [-0.15, -0.1) is 12.4 Å². The van der Waals surface area contributed by atoms with Gasteiger partial charge in [-0.05, 0) is 42.7 Å². The van der Waals surface area contributed by atoms with E-state index in [2.05, 4.69) is 5.32 Å². The van der Waals surface area contributed by atoms with E-state index in [1.165, 1.54) is 19.3 Å². The summed E-state index contributed by atoms with van der Waals surface area (Å²) in [5.41, 5.74) is 8.36. The largest absolute Gasteiger partial charge is 0.339 e. The summed E-state index contributed by atoms with van der Waals surface area (Å²) in [6.07, 6.45) is 6.02. The fourth-order valence-electron chi connectivity index (χ4n) is 3.76. The number of halogens is 1. The van der Waals surface area contributed by atoms with Gasteiger partial charge in [0.05, 0.1) is 0 Å². The maximum absolute atomic E-state index is 12.7. The van der Waals surface area contributed by atoms with Gasteiger partial charge in [0.2, 0.25) is 5.91 Å². The van der Waals surface area contributed by atoms with E-state index in [9.17, 15) is 9.59 Å². The summed E-state index contributed by atoms with van der Waals surface area (Å²) in [6.45, 7) is 0. The number of amides is 2. The third kappa shape index (κ3) is 6.31. The third-order valence-corrected chi connectivity index (χ3v) is 5.49. The molecule has 1 saturated carbocycles. The van der Waals surface area contributed by atoms with Crippen LogP contribution >= 0.6 is 12.4 Å². The molecule has 3 rings (SSSR count). The van der Waals surface area contributed by atoms with Crippen LogP contribution in [0.25, 0.3) is 0 Å². The van der Waals surface area contributed by atoms with Gasteiger partial charge in [-0.25, -0.2) is 0 Å². The van der Waals surface area contributed by atoms with Crippen molar-refractivity contribution in [1.82, 2.24) is 4.90 Å². The molecule has 0 spiro atoms. The fourth-order valence-corrected chi connectivity index (χ4v) is 3.76. The molecule has 5 nitrogen and oxygen atoms in total. The monoisotopic (exact) mass is 415 g/mol. The molecule has 1 aliphatic carbocycles. The minimum Gasteiger partial charge on any atom is -0.339 e. The number of benzene rings is 2. The zero-order valence-corrected chi connectivity index (χ0v) is 17.7. The standard InChI is InChI=1S/C23H29N3O2.ClH/c1-26(20-10-6-3-7-11-20)23(28)18-12-14-19(15-13-18)25-22(27)16-21(24)17-8-4-2-5-9-17;/h2,4-5,8-9,12-15,20-21H,3,6-7,10-11,16,24H2,1H3,(H,25,27);1H. The Bertz CT molecular complexity index is 790. The van der Waals surface area contributed by atoms with Crippen molar-refractivity contribution in [2.45, 2.75) is 50.6 Å². The lowest BCUT2D eigenvalue weighted by molar-refractivity contribution is -0.116. The highest BCUT2D eigenvalue weighted by molar-refractivity contribution is 5.96. The average Bonchev–Trinajstić information content (AvgIpc) is 2.74. The summed E-state index contributed by atoms with van der Waals surface area (Å²) in [5, 5.41) is 2.86. The van der Waals surface area contributed by atoms with Crippen molar-refractivity contribution in [3.63, 3.8) is 0 Å². The molecule has 6 heteroatoms. The Morgan fingerprint density at radius 2 is 1.66 bits per heavy atom. The van der Waals surface area contributed by atoms with Crippen LogP contribution in [0, 0.1) is 0 Å². The molecule has 1 unspecified atom stereocenters. The highest BCUT2D eigenvalue weighted by atomic mass is 35.5. The van der Waals surface area contributed by atoms with Gasteiger partial charge in [-0.1, -0.05) is 49.6 Å². The maximum atomic E-state index is 12.7. The molecular weight excluding hydrogens is 386 g/mol. The molecule has 1 fully saturated rings. The van der Waals surface area contributed by atoms with Crippen LogP contribution in [-0.4, -0.2) is 29.8 Å². The zero-order chi connectivity index (χ0) is 19.9. The summed E-state index contributed by atoms with van der Waals surface area (Å²) in [6, 6.07) is 16.7. The SMILES string of the molecule is CN(C(=O)c1ccc(NC(=O)CC(N)c2ccccc2)cc1)C1CCCCC1.Cl. The van der Waals surface area contributed by atoms with Crippen molar-refractivity contribution >= 4 is 29.9 Å². The molecule has 2 amide bonds. The molecule has 1 atom stereocenters. The summed E-state index contributed by atoms with van der Waals surface area (Å²) >= 11 is 0. The topological polar surface area (TPSA) is 75.4 Å². The Kier molecular flexibility index (Phi) is 8.68. The molecule has 0 bridgehead atoms. The van der Waals surface area contributed by atoms with Crippen molar-refractivity contribution < 1.29 is 9.59 Å². The molecule has 2 aromatic carbocycles. The van der Waals surface area contributed by atoms with E-state index in [4.69, 9.17) is 5.73 Å². The van der Waals surface area contributed by atoms with Crippen LogP contribution in [-0.2, 0) is 4.79 Å². The second-order valence-corrected chi connectivity index (χ2v) is 7.55. The highest BCUT2D eigenvalue weighted by Crippen LogP contribution is 2.23. The number of carbonyl (C=O) groups excluding carboxylic acids is 2. The first-order valence-electron chi connectivity index (χ1n) is 10.0. The predicted molar refractivity (Wildman–Crippen MR) is 119 cm³/mol. The van der Waals surface area contributed by atoms with Gasteiger partial charge in [0.25, 0.3) is 5.91 Å². The van der Waals surface area contributed by atoms with Crippen molar-refractivity contribution in [2.75, 3.05) is 12.4 Å². The van der Waals surface area contributed by atoms with Gasteiger partial charge in [0.15, 0.2) is 0 Å². The number of nitrogens with one attached hydrogen (secondary N) is 1. The molecule has 0 aromatic heterocycles. The lowest BCUT2D eigenvalue weighted by atomic mass is 9.94. The van der Waals surface area contributed by atoms with Crippen molar-refractivity contribution in [3.8, 4) is 0 Å². The van der Waals surface area contributed by atoms with E-state index >= 15 is 0 Å². The lowest BCUT2D eigenvalue weighted by Gasteiger charge is -2.31. The van der Waals surface area contributed by atoms with Crippen LogP contribution in [0.4, 0.5) is 5.69 Å². The van der Waals surface area contributed by atoms with Gasteiger partial charge in [0, 0.05) is 36.8 Å². The van der Waals surface area contributed by atoms with E-state index in [0.717, 1.165) is 18.4 Å². The average molecular weight is 416 g/mol. The Balaban J connectivity index is 0.00000300. The van der Waals surface area contributed by atoms with Crippen LogP contribution in [0.5, 0.6) is 0 Å². The van der Waals surface area contributed by atoms with E-state index in [-0.39, 0.29) is 36.7 Å². The minimum absolute atomic E-state index is 0. The number of hydrogen-bond acceptors (Lipinski definition) is 3. The van der Waals surface area contributed by atoms with Gasteiger partial charge < -0.3 is 16.0 Å². The van der Waals surface area contributed by atoms with Crippen LogP contribution in [0.3, 0.4) is 0 Å². The van der Waals surface area contributed by atoms with Gasteiger partial charge >= 0.3 is 0 Å². The van der Waals surface area contributed by atoms with Crippen molar-refractivity contribution in [1.29, 1.82) is 0 Å². The smallest absolute Gasteiger partial charge is 0.253 e. The van der Waals surface area contributed by atoms with Gasteiger partial charge in [-0.3, -0.25) is 9.59 Å². The number of nitrogens with zero attached hydrogens (tertiary/aromatic N) is 1. The second-order valence-electron chi connectivity index (χ2n) is 7.55. The summed E-state index contributed by atoms with van der Waals surface area (Å²) in [4.78, 5) is 26.8. The Morgan fingerprint density at radius 3 is 2.28 bits per heavy atom. The molecule has 0 aliphatic heterocycles. The normalized spacial score (nSPS) is 15.1. The lowest BCUT2D eigenvalue weighted by Crippen LogP contribution is -2.38. The number of anilines is 1. The molecule has 1 aliphatic rings.